The zero-order valence-corrected chi connectivity index (χ0v) is 26.2. The first-order valence-electron chi connectivity index (χ1n) is 14.9. The van der Waals surface area contributed by atoms with Gasteiger partial charge in [0.1, 0.15) is 5.60 Å². The molecule has 0 aliphatic carbocycles. The van der Waals surface area contributed by atoms with Gasteiger partial charge in [-0.2, -0.15) is 5.10 Å². The summed E-state index contributed by atoms with van der Waals surface area (Å²) in [6.45, 7) is 12.9. The number of nitrogen functional groups attached to an aromatic ring is 1. The third-order valence-corrected chi connectivity index (χ3v) is 8.09. The molecule has 3 aromatic rings. The van der Waals surface area contributed by atoms with E-state index in [0.717, 1.165) is 22.0 Å². The number of primary amides is 1. The molecule has 4 amide bonds. The maximum absolute atomic E-state index is 14.0. The van der Waals surface area contributed by atoms with E-state index in [9.17, 15) is 19.2 Å². The molecule has 1 saturated heterocycles. The van der Waals surface area contributed by atoms with Crippen molar-refractivity contribution >= 4 is 40.4 Å². The van der Waals surface area contributed by atoms with E-state index < -0.39 is 17.6 Å². The highest BCUT2D eigenvalue weighted by molar-refractivity contribution is 6.09. The van der Waals surface area contributed by atoms with Crippen molar-refractivity contribution in [3.8, 4) is 11.1 Å². The summed E-state index contributed by atoms with van der Waals surface area (Å²) in [4.78, 5) is 56.4. The van der Waals surface area contributed by atoms with E-state index in [1.807, 2.05) is 50.9 Å². The number of carbonyl (C=O) groups is 4. The summed E-state index contributed by atoms with van der Waals surface area (Å²) in [5.74, 6) is -1.08. The van der Waals surface area contributed by atoms with Gasteiger partial charge in [-0.05, 0) is 55.7 Å². The summed E-state index contributed by atoms with van der Waals surface area (Å²) in [7, 11) is 1.82. The van der Waals surface area contributed by atoms with E-state index in [1.165, 1.54) is 4.90 Å². The van der Waals surface area contributed by atoms with Gasteiger partial charge in [0, 0.05) is 69.5 Å². The Labute approximate surface area is 261 Å². The van der Waals surface area contributed by atoms with Crippen LogP contribution in [0.3, 0.4) is 0 Å². The zero-order chi connectivity index (χ0) is 32.6. The fraction of sp³-hybridized carbons (Fsp3) is 0.406. The van der Waals surface area contributed by atoms with Crippen LogP contribution in [0.1, 0.15) is 47.1 Å². The van der Waals surface area contributed by atoms with Crippen LogP contribution in [0.5, 0.6) is 0 Å². The Kier molecular flexibility index (Phi) is 8.57. The highest BCUT2D eigenvalue weighted by atomic mass is 16.6. The number of amides is 4. The normalized spacial score (nSPS) is 15.3. The SMILES string of the molecule is C=C(CN1Cc2c(-c3cc(C(=O)N4CCN(CCNC(=O)OC(C)(C)C)CC4)c4cnn(C)c4c3)ccc(N)c2C1=O)C(N)=O. The molecule has 3 heterocycles. The number of aromatic nitrogens is 2. The molecular formula is C32H40N8O5. The van der Waals surface area contributed by atoms with Crippen LogP contribution in [-0.2, 0) is 23.1 Å². The number of anilines is 1. The van der Waals surface area contributed by atoms with E-state index in [0.29, 0.717) is 61.6 Å². The molecular weight excluding hydrogens is 576 g/mol. The van der Waals surface area contributed by atoms with Gasteiger partial charge in [0.25, 0.3) is 11.8 Å². The van der Waals surface area contributed by atoms with E-state index in [4.69, 9.17) is 16.2 Å². The molecule has 13 heteroatoms. The predicted octanol–water partition coefficient (Wildman–Crippen LogP) is 2.10. The van der Waals surface area contributed by atoms with E-state index in [-0.39, 0.29) is 30.5 Å². The van der Waals surface area contributed by atoms with Crippen LogP contribution in [0.2, 0.25) is 0 Å². The van der Waals surface area contributed by atoms with Gasteiger partial charge in [-0.25, -0.2) is 4.79 Å². The number of nitrogens with zero attached hydrogens (tertiary/aromatic N) is 5. The van der Waals surface area contributed by atoms with Crippen molar-refractivity contribution in [1.82, 2.24) is 29.8 Å². The van der Waals surface area contributed by atoms with Crippen LogP contribution in [0, 0.1) is 0 Å². The molecule has 0 bridgehead atoms. The second-order valence-corrected chi connectivity index (χ2v) is 12.5. The number of alkyl carbamates (subject to hydrolysis) is 1. The van der Waals surface area contributed by atoms with Crippen molar-refractivity contribution in [3.63, 3.8) is 0 Å². The molecule has 1 aromatic heterocycles. The highest BCUT2D eigenvalue weighted by Crippen LogP contribution is 2.38. The van der Waals surface area contributed by atoms with Crippen molar-refractivity contribution in [2.45, 2.75) is 32.9 Å². The number of fused-ring (bicyclic) bond motifs is 2. The Morgan fingerprint density at radius 1 is 1.11 bits per heavy atom. The molecule has 0 unspecified atom stereocenters. The Balaban J connectivity index is 1.35. The molecule has 2 aliphatic heterocycles. The summed E-state index contributed by atoms with van der Waals surface area (Å²) in [6.07, 6.45) is 1.25. The number of hydrogen-bond acceptors (Lipinski definition) is 8. The summed E-state index contributed by atoms with van der Waals surface area (Å²) in [6, 6.07) is 7.34. The molecule has 1 fully saturated rings. The van der Waals surface area contributed by atoms with Crippen molar-refractivity contribution in [1.29, 1.82) is 0 Å². The van der Waals surface area contributed by atoms with Crippen LogP contribution in [0.4, 0.5) is 10.5 Å². The molecule has 5 N–H and O–H groups in total. The van der Waals surface area contributed by atoms with Gasteiger partial charge in [0.15, 0.2) is 0 Å². The van der Waals surface area contributed by atoms with Gasteiger partial charge in [-0.1, -0.05) is 12.6 Å². The third-order valence-electron chi connectivity index (χ3n) is 8.09. The molecule has 0 radical (unpaired) electrons. The molecule has 0 saturated carbocycles. The number of benzene rings is 2. The maximum Gasteiger partial charge on any atom is 0.407 e. The lowest BCUT2D eigenvalue weighted by molar-refractivity contribution is -0.114. The Hall–Kier alpha value is -4.91. The van der Waals surface area contributed by atoms with Gasteiger partial charge in [0.05, 0.1) is 29.4 Å². The molecule has 2 aromatic carbocycles. The van der Waals surface area contributed by atoms with E-state index >= 15 is 0 Å². The first kappa shape index (κ1) is 31.5. The summed E-state index contributed by atoms with van der Waals surface area (Å²) in [5, 5.41) is 7.93. The van der Waals surface area contributed by atoms with Crippen LogP contribution < -0.4 is 16.8 Å². The second kappa shape index (κ2) is 12.2. The number of piperazine rings is 1. The summed E-state index contributed by atoms with van der Waals surface area (Å²) >= 11 is 0. The first-order valence-corrected chi connectivity index (χ1v) is 14.9. The number of nitrogens with two attached hydrogens (primary N) is 2. The molecule has 45 heavy (non-hydrogen) atoms. The molecule has 0 atom stereocenters. The van der Waals surface area contributed by atoms with Gasteiger partial charge in [0.2, 0.25) is 5.91 Å². The van der Waals surface area contributed by atoms with Gasteiger partial charge < -0.3 is 31.3 Å². The molecule has 2 aliphatic rings. The fourth-order valence-electron chi connectivity index (χ4n) is 5.77. The van der Waals surface area contributed by atoms with Gasteiger partial charge in [-0.15, -0.1) is 0 Å². The van der Waals surface area contributed by atoms with Crippen molar-refractivity contribution in [2.24, 2.45) is 12.8 Å². The van der Waals surface area contributed by atoms with Crippen molar-refractivity contribution in [2.75, 3.05) is 51.5 Å². The Morgan fingerprint density at radius 3 is 2.49 bits per heavy atom. The van der Waals surface area contributed by atoms with Crippen LogP contribution >= 0.6 is 0 Å². The largest absolute Gasteiger partial charge is 0.444 e. The number of carbonyl (C=O) groups excluding carboxylic acids is 4. The van der Waals surface area contributed by atoms with Crippen LogP contribution in [0.15, 0.2) is 42.6 Å². The number of hydrogen-bond donors (Lipinski definition) is 3. The average molecular weight is 617 g/mol. The number of aryl methyl sites for hydroxylation is 1. The van der Waals surface area contributed by atoms with Crippen LogP contribution in [-0.4, -0.2) is 99.7 Å². The minimum atomic E-state index is -0.671. The molecule has 238 valence electrons. The van der Waals surface area contributed by atoms with Crippen molar-refractivity contribution in [3.05, 3.63) is 59.3 Å². The number of rotatable bonds is 8. The van der Waals surface area contributed by atoms with Gasteiger partial charge >= 0.3 is 6.09 Å². The fourth-order valence-corrected chi connectivity index (χ4v) is 5.77. The lowest BCUT2D eigenvalue weighted by Crippen LogP contribution is -2.50. The lowest BCUT2D eigenvalue weighted by Gasteiger charge is -2.35. The van der Waals surface area contributed by atoms with E-state index in [1.54, 1.807) is 16.9 Å². The lowest BCUT2D eigenvalue weighted by atomic mass is 9.93. The molecule has 5 rings (SSSR count). The highest BCUT2D eigenvalue weighted by Gasteiger charge is 2.33. The smallest absolute Gasteiger partial charge is 0.407 e. The standard InChI is InChI=1S/C32H40N8O5/c1-19(28(34)41)17-40-18-24-21(6-7-25(33)27(24)30(40)43)20-14-22(23-16-36-37(5)26(23)15-20)29(42)39-12-10-38(11-13-39)9-8-35-31(44)45-32(2,3)4/h6-7,14-16H,1,8-13,17-18,33H2,2-5H3,(H2,34,41)(H,35,44). The quantitative estimate of drug-likeness (QED) is 0.255. The topological polar surface area (TPSA) is 169 Å². The zero-order valence-electron chi connectivity index (χ0n) is 26.2. The van der Waals surface area contributed by atoms with Crippen LogP contribution in [0.25, 0.3) is 22.0 Å². The molecule has 0 spiro atoms. The Morgan fingerprint density at radius 2 is 1.82 bits per heavy atom. The van der Waals surface area contributed by atoms with Gasteiger partial charge in [-0.3, -0.25) is 24.0 Å². The minimum Gasteiger partial charge on any atom is -0.444 e. The minimum absolute atomic E-state index is 0.00469. The Bertz CT molecular complexity index is 1700. The summed E-state index contributed by atoms with van der Waals surface area (Å²) < 4.78 is 7.01. The maximum atomic E-state index is 14.0. The second-order valence-electron chi connectivity index (χ2n) is 12.5. The van der Waals surface area contributed by atoms with Crippen molar-refractivity contribution < 1.29 is 23.9 Å². The molecule has 13 nitrogen and oxygen atoms in total. The first-order chi connectivity index (χ1) is 21.2. The average Bonchev–Trinajstić information content (AvgIpc) is 3.51. The van der Waals surface area contributed by atoms with E-state index in [2.05, 4.69) is 21.9 Å². The monoisotopic (exact) mass is 616 g/mol. The third kappa shape index (κ3) is 6.63. The number of nitrogens with one attached hydrogen (secondary N) is 1. The number of ether oxygens (including phenoxy) is 1. The summed E-state index contributed by atoms with van der Waals surface area (Å²) in [5.41, 5.74) is 15.4. The predicted molar refractivity (Wildman–Crippen MR) is 170 cm³/mol.